The Morgan fingerprint density at radius 2 is 1.55 bits per heavy atom. The molecule has 104 valence electrons. The van der Waals surface area contributed by atoms with Crippen molar-refractivity contribution in [3.05, 3.63) is 41.0 Å². The minimum atomic E-state index is 0.128. The molecule has 1 aromatic carbocycles. The van der Waals surface area contributed by atoms with E-state index in [1.165, 1.54) is 5.56 Å². The quantitative estimate of drug-likeness (QED) is 0.764. The first-order valence-corrected chi connectivity index (χ1v) is 6.84. The van der Waals surface area contributed by atoms with Gasteiger partial charge in [0.1, 0.15) is 17.7 Å². The van der Waals surface area contributed by atoms with E-state index in [1.807, 2.05) is 24.3 Å². The van der Waals surface area contributed by atoms with Crippen molar-refractivity contribution >= 4 is 6.08 Å². The molecule has 0 aliphatic carbocycles. The maximum Gasteiger partial charge on any atom is 0.130 e. The Bertz CT molecular complexity index is 515. The standard InChI is InChI=1S/C17H21N3/c1-13(2)20(14(3)4)12-16-7-5-15(6-8-16)9-17(10-18)11-19/h5-9,13-14H,12H2,1-4H3. The average Bonchev–Trinajstić information content (AvgIpc) is 2.42. The van der Waals surface area contributed by atoms with Gasteiger partial charge in [-0.15, -0.1) is 0 Å². The summed E-state index contributed by atoms with van der Waals surface area (Å²) in [7, 11) is 0. The first-order valence-electron chi connectivity index (χ1n) is 6.84. The highest BCUT2D eigenvalue weighted by Gasteiger charge is 2.13. The Labute approximate surface area is 121 Å². The minimum absolute atomic E-state index is 0.128. The molecular formula is C17H21N3. The summed E-state index contributed by atoms with van der Waals surface area (Å²) >= 11 is 0. The SMILES string of the molecule is CC(C)N(Cc1ccc(C=C(C#N)C#N)cc1)C(C)C. The van der Waals surface area contributed by atoms with E-state index in [2.05, 4.69) is 44.7 Å². The fraction of sp³-hybridized carbons (Fsp3) is 0.412. The number of nitriles is 2. The summed E-state index contributed by atoms with van der Waals surface area (Å²) in [4.78, 5) is 2.42. The molecule has 0 fully saturated rings. The van der Waals surface area contributed by atoms with Crippen LogP contribution in [0.1, 0.15) is 38.8 Å². The summed E-state index contributed by atoms with van der Waals surface area (Å²) in [6.45, 7) is 9.70. The van der Waals surface area contributed by atoms with E-state index in [-0.39, 0.29) is 5.57 Å². The lowest BCUT2D eigenvalue weighted by Crippen LogP contribution is -2.36. The van der Waals surface area contributed by atoms with Gasteiger partial charge < -0.3 is 0 Å². The van der Waals surface area contributed by atoms with E-state index in [9.17, 15) is 0 Å². The molecule has 0 bridgehead atoms. The molecule has 0 aliphatic rings. The molecule has 0 aromatic heterocycles. The van der Waals surface area contributed by atoms with Gasteiger partial charge in [-0.25, -0.2) is 0 Å². The number of nitrogens with zero attached hydrogens (tertiary/aromatic N) is 3. The van der Waals surface area contributed by atoms with Crippen LogP contribution in [0.2, 0.25) is 0 Å². The Kier molecular flexibility index (Phi) is 5.97. The smallest absolute Gasteiger partial charge is 0.130 e. The second-order valence-electron chi connectivity index (χ2n) is 5.38. The summed E-state index contributed by atoms with van der Waals surface area (Å²) in [6.07, 6.45) is 1.60. The number of rotatable bonds is 5. The van der Waals surface area contributed by atoms with Crippen molar-refractivity contribution < 1.29 is 0 Å². The Morgan fingerprint density at radius 1 is 1.05 bits per heavy atom. The van der Waals surface area contributed by atoms with Gasteiger partial charge in [-0.1, -0.05) is 24.3 Å². The summed E-state index contributed by atoms with van der Waals surface area (Å²) in [6, 6.07) is 12.7. The van der Waals surface area contributed by atoms with Crippen molar-refractivity contribution in [1.82, 2.24) is 4.90 Å². The first kappa shape index (κ1) is 16.0. The molecule has 0 radical (unpaired) electrons. The van der Waals surface area contributed by atoms with Crippen LogP contribution in [0.25, 0.3) is 6.08 Å². The van der Waals surface area contributed by atoms with Crippen LogP contribution in [0.5, 0.6) is 0 Å². The van der Waals surface area contributed by atoms with Crippen molar-refractivity contribution in [3.8, 4) is 12.1 Å². The lowest BCUT2D eigenvalue weighted by Gasteiger charge is -2.30. The molecule has 1 rings (SSSR count). The summed E-state index contributed by atoms with van der Waals surface area (Å²) in [5.74, 6) is 0. The van der Waals surface area contributed by atoms with Crippen LogP contribution >= 0.6 is 0 Å². The largest absolute Gasteiger partial charge is 0.294 e. The fourth-order valence-electron chi connectivity index (χ4n) is 2.15. The Morgan fingerprint density at radius 3 is 1.95 bits per heavy atom. The minimum Gasteiger partial charge on any atom is -0.294 e. The van der Waals surface area contributed by atoms with Gasteiger partial charge in [0.05, 0.1) is 0 Å². The molecular weight excluding hydrogens is 246 g/mol. The maximum atomic E-state index is 8.74. The van der Waals surface area contributed by atoms with E-state index in [0.29, 0.717) is 12.1 Å². The molecule has 0 heterocycles. The van der Waals surface area contributed by atoms with Gasteiger partial charge in [-0.3, -0.25) is 4.90 Å². The molecule has 0 unspecified atom stereocenters. The van der Waals surface area contributed by atoms with Crippen molar-refractivity contribution in [3.63, 3.8) is 0 Å². The van der Waals surface area contributed by atoms with E-state index in [1.54, 1.807) is 6.08 Å². The number of hydrogen-bond donors (Lipinski definition) is 0. The van der Waals surface area contributed by atoms with Crippen molar-refractivity contribution in [2.75, 3.05) is 0 Å². The second kappa shape index (κ2) is 7.48. The zero-order valence-electron chi connectivity index (χ0n) is 12.6. The van der Waals surface area contributed by atoms with Crippen LogP contribution in [-0.4, -0.2) is 17.0 Å². The van der Waals surface area contributed by atoms with Gasteiger partial charge in [-0.05, 0) is 44.9 Å². The third-order valence-corrected chi connectivity index (χ3v) is 3.22. The van der Waals surface area contributed by atoms with Crippen LogP contribution < -0.4 is 0 Å². The van der Waals surface area contributed by atoms with Crippen molar-refractivity contribution in [1.29, 1.82) is 10.5 Å². The highest BCUT2D eigenvalue weighted by molar-refractivity contribution is 5.61. The molecule has 0 amide bonds. The fourth-order valence-corrected chi connectivity index (χ4v) is 2.15. The van der Waals surface area contributed by atoms with Gasteiger partial charge in [0.25, 0.3) is 0 Å². The van der Waals surface area contributed by atoms with Crippen LogP contribution in [-0.2, 0) is 6.54 Å². The predicted molar refractivity (Wildman–Crippen MR) is 81.5 cm³/mol. The third kappa shape index (κ3) is 4.53. The monoisotopic (exact) mass is 267 g/mol. The molecule has 3 nitrogen and oxygen atoms in total. The molecule has 1 aromatic rings. The normalized spacial score (nSPS) is 10.4. The zero-order valence-corrected chi connectivity index (χ0v) is 12.6. The highest BCUT2D eigenvalue weighted by Crippen LogP contribution is 2.14. The molecule has 0 aliphatic heterocycles. The van der Waals surface area contributed by atoms with Gasteiger partial charge >= 0.3 is 0 Å². The zero-order chi connectivity index (χ0) is 15.1. The lowest BCUT2D eigenvalue weighted by atomic mass is 10.1. The van der Waals surface area contributed by atoms with Crippen LogP contribution in [0.3, 0.4) is 0 Å². The topological polar surface area (TPSA) is 50.8 Å². The molecule has 0 spiro atoms. The maximum absolute atomic E-state index is 8.74. The highest BCUT2D eigenvalue weighted by atomic mass is 15.2. The van der Waals surface area contributed by atoms with Gasteiger partial charge in [0.2, 0.25) is 0 Å². The van der Waals surface area contributed by atoms with Crippen molar-refractivity contribution in [2.45, 2.75) is 46.3 Å². The second-order valence-corrected chi connectivity index (χ2v) is 5.38. The molecule has 0 atom stereocenters. The number of allylic oxidation sites excluding steroid dienone is 1. The van der Waals surface area contributed by atoms with Gasteiger partial charge in [0.15, 0.2) is 0 Å². The van der Waals surface area contributed by atoms with Crippen molar-refractivity contribution in [2.24, 2.45) is 0 Å². The third-order valence-electron chi connectivity index (χ3n) is 3.22. The molecule has 0 N–H and O–H groups in total. The van der Waals surface area contributed by atoms with E-state index in [4.69, 9.17) is 10.5 Å². The van der Waals surface area contributed by atoms with Crippen LogP contribution in [0.15, 0.2) is 29.8 Å². The molecule has 0 saturated heterocycles. The van der Waals surface area contributed by atoms with Gasteiger partial charge in [-0.2, -0.15) is 10.5 Å². The molecule has 0 saturated carbocycles. The Hall–Kier alpha value is -2.10. The van der Waals surface area contributed by atoms with Gasteiger partial charge in [0, 0.05) is 18.6 Å². The van der Waals surface area contributed by atoms with Crippen LogP contribution in [0, 0.1) is 22.7 Å². The number of benzene rings is 1. The number of hydrogen-bond acceptors (Lipinski definition) is 3. The first-order chi connectivity index (χ1) is 9.47. The van der Waals surface area contributed by atoms with Crippen LogP contribution in [0.4, 0.5) is 0 Å². The Balaban J connectivity index is 2.85. The lowest BCUT2D eigenvalue weighted by molar-refractivity contribution is 0.166. The summed E-state index contributed by atoms with van der Waals surface area (Å²) in [5, 5.41) is 17.5. The molecule has 3 heteroatoms. The van der Waals surface area contributed by atoms with E-state index in [0.717, 1.165) is 12.1 Å². The summed E-state index contributed by atoms with van der Waals surface area (Å²) in [5.41, 5.74) is 2.25. The molecule has 20 heavy (non-hydrogen) atoms. The average molecular weight is 267 g/mol. The van der Waals surface area contributed by atoms with E-state index < -0.39 is 0 Å². The predicted octanol–water partition coefficient (Wildman–Crippen LogP) is 3.74. The van der Waals surface area contributed by atoms with E-state index >= 15 is 0 Å². The summed E-state index contributed by atoms with van der Waals surface area (Å²) < 4.78 is 0.